The van der Waals surface area contributed by atoms with Gasteiger partial charge in [-0.3, -0.25) is 5.01 Å². The number of aliphatic hydroxyl groups is 1. The SMILES string of the molecule is CC/C=C(\O)CCCOc1cccc(SCCN2N=C(C(c3ccccc3)c3ccccc3)C=CC23CC3)c1. The predicted molar refractivity (Wildman–Crippen MR) is 163 cm³/mol. The van der Waals surface area contributed by atoms with Crippen LogP contribution in [0.15, 0.2) is 119 Å². The largest absolute Gasteiger partial charge is 0.513 e. The Morgan fingerprint density at radius 3 is 2.41 bits per heavy atom. The number of hydrazone groups is 1. The molecule has 1 aliphatic carbocycles. The van der Waals surface area contributed by atoms with Gasteiger partial charge in [-0.2, -0.15) is 5.10 Å². The van der Waals surface area contributed by atoms with Crippen LogP contribution in [0.4, 0.5) is 0 Å². The summed E-state index contributed by atoms with van der Waals surface area (Å²) in [7, 11) is 0. The van der Waals surface area contributed by atoms with Crippen molar-refractivity contribution in [3.8, 4) is 5.75 Å². The van der Waals surface area contributed by atoms with Gasteiger partial charge in [0.1, 0.15) is 5.75 Å². The lowest BCUT2D eigenvalue weighted by Gasteiger charge is -2.33. The van der Waals surface area contributed by atoms with Gasteiger partial charge in [0.25, 0.3) is 0 Å². The number of ether oxygens (including phenoxy) is 1. The summed E-state index contributed by atoms with van der Waals surface area (Å²) in [6.07, 6.45) is 11.2. The van der Waals surface area contributed by atoms with Gasteiger partial charge in [0, 0.05) is 23.6 Å². The highest BCUT2D eigenvalue weighted by Gasteiger charge is 2.47. The number of allylic oxidation sites excluding steroid dienone is 3. The molecule has 0 atom stereocenters. The Kier molecular flexibility index (Phi) is 9.10. The molecule has 0 aromatic heterocycles. The van der Waals surface area contributed by atoms with Crippen molar-refractivity contribution in [2.75, 3.05) is 18.9 Å². The highest BCUT2D eigenvalue weighted by atomic mass is 32.2. The first-order valence-electron chi connectivity index (χ1n) is 14.1. The van der Waals surface area contributed by atoms with Crippen molar-refractivity contribution in [2.24, 2.45) is 5.10 Å². The molecule has 1 heterocycles. The summed E-state index contributed by atoms with van der Waals surface area (Å²) in [6, 6.07) is 29.7. The molecule has 0 radical (unpaired) electrons. The summed E-state index contributed by atoms with van der Waals surface area (Å²) >= 11 is 1.85. The Balaban J connectivity index is 1.22. The number of nitrogens with zero attached hydrogens (tertiary/aromatic N) is 2. The maximum atomic E-state index is 9.78. The summed E-state index contributed by atoms with van der Waals surface area (Å²) in [6.45, 7) is 3.52. The molecule has 5 heteroatoms. The molecule has 3 aromatic rings. The van der Waals surface area contributed by atoms with Crippen molar-refractivity contribution in [3.63, 3.8) is 0 Å². The molecule has 39 heavy (non-hydrogen) atoms. The third-order valence-electron chi connectivity index (χ3n) is 7.30. The number of aliphatic hydroxyl groups excluding tert-OH is 1. The zero-order valence-corrected chi connectivity index (χ0v) is 23.5. The number of hydrogen-bond acceptors (Lipinski definition) is 5. The smallest absolute Gasteiger partial charge is 0.120 e. The minimum absolute atomic E-state index is 0.0880. The van der Waals surface area contributed by atoms with Gasteiger partial charge in [-0.15, -0.1) is 11.8 Å². The lowest BCUT2D eigenvalue weighted by Crippen LogP contribution is -2.37. The van der Waals surface area contributed by atoms with Crippen molar-refractivity contribution in [3.05, 3.63) is 120 Å². The first kappa shape index (κ1) is 27.1. The first-order valence-corrected chi connectivity index (χ1v) is 15.0. The van der Waals surface area contributed by atoms with Crippen molar-refractivity contribution in [1.29, 1.82) is 0 Å². The van der Waals surface area contributed by atoms with E-state index in [1.54, 1.807) is 0 Å². The molecule has 5 rings (SSSR count). The molecule has 1 saturated carbocycles. The normalized spacial score (nSPS) is 16.0. The molecule has 3 aromatic carbocycles. The van der Waals surface area contributed by atoms with E-state index in [4.69, 9.17) is 9.84 Å². The summed E-state index contributed by atoms with van der Waals surface area (Å²) in [5.74, 6) is 2.40. The van der Waals surface area contributed by atoms with Crippen LogP contribution in [0.3, 0.4) is 0 Å². The van der Waals surface area contributed by atoms with E-state index in [-0.39, 0.29) is 11.5 Å². The average molecular weight is 539 g/mol. The van der Waals surface area contributed by atoms with E-state index in [1.807, 2.05) is 30.8 Å². The molecule has 0 saturated heterocycles. The van der Waals surface area contributed by atoms with Crippen LogP contribution in [0.2, 0.25) is 0 Å². The first-order chi connectivity index (χ1) is 19.2. The van der Waals surface area contributed by atoms with Crippen molar-refractivity contribution < 1.29 is 9.84 Å². The van der Waals surface area contributed by atoms with Gasteiger partial charge in [-0.1, -0.05) is 79.7 Å². The van der Waals surface area contributed by atoms with Crippen LogP contribution in [0, 0.1) is 0 Å². The summed E-state index contributed by atoms with van der Waals surface area (Å²) in [5.41, 5.74) is 3.72. The molecule has 1 N–H and O–H groups in total. The molecule has 1 aliphatic heterocycles. The van der Waals surface area contributed by atoms with Gasteiger partial charge in [0.15, 0.2) is 0 Å². The van der Waals surface area contributed by atoms with E-state index in [0.29, 0.717) is 18.8 Å². The minimum atomic E-state index is 0.0880. The number of hydrogen-bond donors (Lipinski definition) is 1. The van der Waals surface area contributed by atoms with Gasteiger partial charge in [-0.05, 0) is 67.2 Å². The van der Waals surface area contributed by atoms with E-state index in [9.17, 15) is 5.11 Å². The third kappa shape index (κ3) is 7.15. The van der Waals surface area contributed by atoms with Gasteiger partial charge in [0.2, 0.25) is 0 Å². The van der Waals surface area contributed by atoms with Crippen LogP contribution in [0.1, 0.15) is 56.1 Å². The molecule has 1 fully saturated rings. The molecule has 0 amide bonds. The second-order valence-corrected chi connectivity index (χ2v) is 11.4. The minimum Gasteiger partial charge on any atom is -0.513 e. The van der Waals surface area contributed by atoms with Crippen molar-refractivity contribution in [2.45, 2.75) is 55.4 Å². The molecule has 202 valence electrons. The maximum Gasteiger partial charge on any atom is 0.120 e. The van der Waals surface area contributed by atoms with Gasteiger partial charge < -0.3 is 9.84 Å². The Morgan fingerprint density at radius 2 is 1.74 bits per heavy atom. The van der Waals surface area contributed by atoms with E-state index in [1.165, 1.54) is 28.9 Å². The Hall–Kier alpha value is -3.44. The standard InChI is InChI=1S/C34H38N2O2S/c1-2-11-29(37)16-10-24-38-30-17-9-18-31(26-30)39-25-23-36-34(21-22-34)20-19-32(35-36)33(27-12-5-3-6-13-27)28-14-7-4-8-15-28/h3-9,11-15,17-20,26,33,37H,2,10,16,21-25H2,1H3/b29-11-. The molecule has 4 nitrogen and oxygen atoms in total. The van der Waals surface area contributed by atoms with E-state index in [2.05, 4.69) is 96.0 Å². The second kappa shape index (κ2) is 13.1. The fourth-order valence-electron chi connectivity index (χ4n) is 5.09. The summed E-state index contributed by atoms with van der Waals surface area (Å²) < 4.78 is 5.95. The van der Waals surface area contributed by atoms with Crippen LogP contribution in [0.5, 0.6) is 5.75 Å². The van der Waals surface area contributed by atoms with Gasteiger partial charge >= 0.3 is 0 Å². The average Bonchev–Trinajstić information content (AvgIpc) is 3.75. The number of benzene rings is 3. The quantitative estimate of drug-likeness (QED) is 0.135. The van der Waals surface area contributed by atoms with Gasteiger partial charge in [-0.25, -0.2) is 0 Å². The zero-order valence-electron chi connectivity index (χ0n) is 22.7. The number of rotatable bonds is 13. The van der Waals surface area contributed by atoms with Gasteiger partial charge in [0.05, 0.1) is 29.5 Å². The Morgan fingerprint density at radius 1 is 1.03 bits per heavy atom. The fraction of sp³-hybridized carbons (Fsp3) is 0.324. The summed E-state index contributed by atoms with van der Waals surface area (Å²) in [5, 5.41) is 17.4. The van der Waals surface area contributed by atoms with E-state index >= 15 is 0 Å². The van der Waals surface area contributed by atoms with Crippen LogP contribution in [0.25, 0.3) is 0 Å². The van der Waals surface area contributed by atoms with Crippen molar-refractivity contribution in [1.82, 2.24) is 5.01 Å². The highest BCUT2D eigenvalue weighted by Crippen LogP contribution is 2.46. The molecular weight excluding hydrogens is 500 g/mol. The number of thioether (sulfide) groups is 1. The summed E-state index contributed by atoms with van der Waals surface area (Å²) in [4.78, 5) is 1.20. The molecule has 2 aliphatic rings. The zero-order chi connectivity index (χ0) is 26.9. The van der Waals surface area contributed by atoms with E-state index < -0.39 is 0 Å². The highest BCUT2D eigenvalue weighted by molar-refractivity contribution is 7.99. The van der Waals surface area contributed by atoms with Crippen LogP contribution < -0.4 is 4.74 Å². The fourth-order valence-corrected chi connectivity index (χ4v) is 5.96. The van der Waals surface area contributed by atoms with Crippen LogP contribution in [-0.2, 0) is 0 Å². The van der Waals surface area contributed by atoms with Crippen molar-refractivity contribution >= 4 is 17.5 Å². The monoisotopic (exact) mass is 538 g/mol. The molecule has 0 bridgehead atoms. The molecular formula is C34H38N2O2S. The Bertz CT molecular complexity index is 1260. The second-order valence-electron chi connectivity index (χ2n) is 10.2. The lowest BCUT2D eigenvalue weighted by atomic mass is 9.86. The Labute approximate surface area is 237 Å². The van der Waals surface area contributed by atoms with Crippen LogP contribution in [-0.4, -0.2) is 40.3 Å². The van der Waals surface area contributed by atoms with Crippen LogP contribution >= 0.6 is 11.8 Å². The maximum absolute atomic E-state index is 9.78. The predicted octanol–water partition coefficient (Wildman–Crippen LogP) is 8.38. The molecule has 0 unspecified atom stereocenters. The van der Waals surface area contributed by atoms with E-state index in [0.717, 1.165) is 36.6 Å². The lowest BCUT2D eigenvalue weighted by molar-refractivity contribution is 0.233. The third-order valence-corrected chi connectivity index (χ3v) is 8.28. The molecule has 1 spiro atoms. The topological polar surface area (TPSA) is 45.1 Å².